The van der Waals surface area contributed by atoms with Gasteiger partial charge in [-0.05, 0) is 41.8 Å². The molecule has 0 spiro atoms. The monoisotopic (exact) mass is 563 g/mol. The molecule has 0 saturated carbocycles. The fourth-order valence-electron chi connectivity index (χ4n) is 3.85. The highest BCUT2D eigenvalue weighted by Crippen LogP contribution is 2.43. The number of hydrogen-bond donors (Lipinski definition) is 2. The zero-order valence-corrected chi connectivity index (χ0v) is 27.2. The molecule has 2 rings (SSSR count). The van der Waals surface area contributed by atoms with E-state index < -0.39 is 34.9 Å². The highest BCUT2D eigenvalue weighted by atomic mass is 28.4. The van der Waals surface area contributed by atoms with Crippen molar-refractivity contribution in [2.24, 2.45) is 0 Å². The molecule has 1 saturated heterocycles. The van der Waals surface area contributed by atoms with E-state index in [0.29, 0.717) is 6.54 Å². The van der Waals surface area contributed by atoms with Crippen molar-refractivity contribution in [2.75, 3.05) is 13.1 Å². The molecule has 1 fully saturated rings. The average molecular weight is 564 g/mol. The van der Waals surface area contributed by atoms with E-state index in [2.05, 4.69) is 78.4 Å². The number of amides is 3. The first-order valence-corrected chi connectivity index (χ1v) is 19.3. The number of carbonyl (C=O) groups is 3. The van der Waals surface area contributed by atoms with Crippen LogP contribution in [-0.2, 0) is 29.8 Å². The summed E-state index contributed by atoms with van der Waals surface area (Å²) >= 11 is 0. The largest absolute Gasteiger partial charge is 0.409 e. The van der Waals surface area contributed by atoms with Gasteiger partial charge in [0.05, 0.1) is 12.6 Å². The summed E-state index contributed by atoms with van der Waals surface area (Å²) in [7, 11) is -4.63. The Morgan fingerprint density at radius 3 is 1.92 bits per heavy atom. The van der Waals surface area contributed by atoms with Gasteiger partial charge in [-0.15, -0.1) is 0 Å². The van der Waals surface area contributed by atoms with Crippen LogP contribution in [-0.4, -0.2) is 70.6 Å². The summed E-state index contributed by atoms with van der Waals surface area (Å²) in [5.41, 5.74) is 0.964. The maximum Gasteiger partial charge on any atom is 0.245 e. The van der Waals surface area contributed by atoms with E-state index in [1.807, 2.05) is 30.3 Å². The Balaban J connectivity index is 2.50. The molecule has 8 nitrogen and oxygen atoms in total. The molecule has 1 aromatic carbocycles. The van der Waals surface area contributed by atoms with Gasteiger partial charge in [0.15, 0.2) is 16.6 Å². The second-order valence-corrected chi connectivity index (χ2v) is 22.9. The van der Waals surface area contributed by atoms with Crippen molar-refractivity contribution < 1.29 is 23.2 Å². The number of nitrogens with one attached hydrogen (secondary N) is 2. The minimum absolute atomic E-state index is 0.0623. The predicted octanol–water partition coefficient (Wildman–Crippen LogP) is 4.43. The number of carbonyl (C=O) groups excluding carboxylic acids is 3. The Bertz CT molecular complexity index is 986. The molecule has 1 aliphatic rings. The van der Waals surface area contributed by atoms with Gasteiger partial charge >= 0.3 is 0 Å². The summed E-state index contributed by atoms with van der Waals surface area (Å²) in [5, 5.41) is 5.45. The van der Waals surface area contributed by atoms with Crippen LogP contribution in [0.15, 0.2) is 30.3 Å². The molecule has 0 aromatic heterocycles. The van der Waals surface area contributed by atoms with Crippen LogP contribution in [0.25, 0.3) is 0 Å². The lowest BCUT2D eigenvalue weighted by Gasteiger charge is -2.43. The van der Waals surface area contributed by atoms with Gasteiger partial charge in [0.25, 0.3) is 0 Å². The minimum Gasteiger partial charge on any atom is -0.409 e. The van der Waals surface area contributed by atoms with Crippen LogP contribution >= 0.6 is 0 Å². The molecule has 3 amide bonds. The quantitative estimate of drug-likeness (QED) is 0.433. The van der Waals surface area contributed by atoms with Crippen LogP contribution in [0.2, 0.25) is 36.3 Å². The van der Waals surface area contributed by atoms with Gasteiger partial charge in [0, 0.05) is 20.0 Å². The van der Waals surface area contributed by atoms with Crippen molar-refractivity contribution in [3.05, 3.63) is 35.9 Å². The lowest BCUT2D eigenvalue weighted by molar-refractivity contribution is -0.140. The van der Waals surface area contributed by atoms with Crippen LogP contribution in [0, 0.1) is 0 Å². The third kappa shape index (κ3) is 8.00. The predicted molar refractivity (Wildman–Crippen MR) is 157 cm³/mol. The van der Waals surface area contributed by atoms with Crippen LogP contribution in [0.1, 0.15) is 54.0 Å². The topological polar surface area (TPSA) is 97.0 Å². The van der Waals surface area contributed by atoms with E-state index in [-0.39, 0.29) is 40.9 Å². The van der Waals surface area contributed by atoms with Gasteiger partial charge in [-0.3, -0.25) is 14.4 Å². The Morgan fingerprint density at radius 1 is 0.895 bits per heavy atom. The zero-order chi connectivity index (χ0) is 29.1. The third-order valence-corrected chi connectivity index (χ3v) is 17.2. The standard InChI is InChI=1S/C28H49N3O5Si2/c1-20(32)29-18-23(33)31-19-22(35-37(8,9)27(2,3)4)25(36-38(10,11)28(5,6)7)24(31)26(34)30-17-21-15-13-12-14-16-21/h12-16,22,24-25H,17-19H2,1-11H3,(H,29,32)(H,30,34)/t22-,24-,25+/m0/s1. The van der Waals surface area contributed by atoms with E-state index in [9.17, 15) is 14.4 Å². The van der Waals surface area contributed by atoms with Gasteiger partial charge in [-0.25, -0.2) is 0 Å². The summed E-state index contributed by atoms with van der Waals surface area (Å²) in [6.45, 7) is 23.4. The molecular weight excluding hydrogens is 514 g/mol. The first-order chi connectivity index (χ1) is 17.3. The first-order valence-electron chi connectivity index (χ1n) is 13.5. The van der Waals surface area contributed by atoms with Gasteiger partial charge in [-0.2, -0.15) is 0 Å². The van der Waals surface area contributed by atoms with Crippen LogP contribution in [0.3, 0.4) is 0 Å². The molecule has 1 aromatic rings. The molecule has 1 aliphatic heterocycles. The maximum atomic E-state index is 13.8. The number of hydrogen-bond acceptors (Lipinski definition) is 5. The number of rotatable bonds is 9. The summed E-state index contributed by atoms with van der Waals surface area (Å²) in [5.74, 6) is -0.911. The van der Waals surface area contributed by atoms with Crippen LogP contribution in [0.5, 0.6) is 0 Å². The van der Waals surface area contributed by atoms with E-state index >= 15 is 0 Å². The van der Waals surface area contributed by atoms with Crippen molar-refractivity contribution in [1.29, 1.82) is 0 Å². The lowest BCUT2D eigenvalue weighted by atomic mass is 10.1. The maximum absolute atomic E-state index is 13.8. The molecule has 214 valence electrons. The lowest BCUT2D eigenvalue weighted by Crippen LogP contribution is -2.57. The van der Waals surface area contributed by atoms with Crippen molar-refractivity contribution in [3.8, 4) is 0 Å². The normalized spacial score (nSPS) is 20.8. The highest BCUT2D eigenvalue weighted by Gasteiger charge is 2.54. The molecule has 2 N–H and O–H groups in total. The smallest absolute Gasteiger partial charge is 0.245 e. The highest BCUT2D eigenvalue weighted by molar-refractivity contribution is 6.74. The fourth-order valence-corrected chi connectivity index (χ4v) is 6.48. The molecule has 0 aliphatic carbocycles. The van der Waals surface area contributed by atoms with Crippen molar-refractivity contribution in [1.82, 2.24) is 15.5 Å². The SMILES string of the molecule is CC(=O)NCC(=O)N1C[C@H](O[Si](C)(C)C(C)(C)C)[C@@H](O[Si](C)(C)C(C)(C)C)[C@H]1C(=O)NCc1ccccc1. The molecule has 10 heteroatoms. The fraction of sp³-hybridized carbons (Fsp3) is 0.679. The number of nitrogens with zero attached hydrogens (tertiary/aromatic N) is 1. The van der Waals surface area contributed by atoms with E-state index in [0.717, 1.165) is 5.56 Å². The molecule has 38 heavy (non-hydrogen) atoms. The minimum atomic E-state index is -2.36. The van der Waals surface area contributed by atoms with Crippen LogP contribution < -0.4 is 10.6 Å². The third-order valence-electron chi connectivity index (χ3n) is 8.27. The second-order valence-electron chi connectivity index (χ2n) is 13.4. The van der Waals surface area contributed by atoms with Crippen molar-refractivity contribution in [2.45, 2.75) is 110 Å². The average Bonchev–Trinajstić information content (AvgIpc) is 3.11. The van der Waals surface area contributed by atoms with E-state index in [4.69, 9.17) is 8.85 Å². The molecule has 0 bridgehead atoms. The van der Waals surface area contributed by atoms with Gasteiger partial charge in [-0.1, -0.05) is 71.9 Å². The number of likely N-dealkylation sites (tertiary alicyclic amines) is 1. The summed E-state index contributed by atoms with van der Waals surface area (Å²) in [6, 6.07) is 8.79. The summed E-state index contributed by atoms with van der Waals surface area (Å²) in [4.78, 5) is 40.3. The van der Waals surface area contributed by atoms with Gasteiger partial charge in [0.1, 0.15) is 12.1 Å². The van der Waals surface area contributed by atoms with E-state index in [1.54, 1.807) is 4.90 Å². The zero-order valence-electron chi connectivity index (χ0n) is 25.2. The Hall–Kier alpha value is -2.02. The Labute approximate surface area is 231 Å². The Morgan fingerprint density at radius 2 is 1.42 bits per heavy atom. The van der Waals surface area contributed by atoms with Gasteiger partial charge < -0.3 is 24.4 Å². The van der Waals surface area contributed by atoms with Crippen molar-refractivity contribution in [3.63, 3.8) is 0 Å². The van der Waals surface area contributed by atoms with Crippen LogP contribution in [0.4, 0.5) is 0 Å². The van der Waals surface area contributed by atoms with Gasteiger partial charge in [0.2, 0.25) is 17.7 Å². The second kappa shape index (κ2) is 12.0. The van der Waals surface area contributed by atoms with Crippen molar-refractivity contribution >= 4 is 34.4 Å². The molecule has 0 radical (unpaired) electrons. The van der Waals surface area contributed by atoms with E-state index in [1.165, 1.54) is 6.92 Å². The summed E-state index contributed by atoms with van der Waals surface area (Å²) in [6.07, 6.45) is -1.08. The Kier molecular flexibility index (Phi) is 10.2. The molecule has 3 atom stereocenters. The molecule has 0 unspecified atom stereocenters. The number of benzene rings is 1. The molecule has 1 heterocycles. The summed E-state index contributed by atoms with van der Waals surface area (Å²) < 4.78 is 13.8. The first kappa shape index (κ1) is 32.2. The molecular formula is C28H49N3O5Si2.